The van der Waals surface area contributed by atoms with Gasteiger partial charge in [0.1, 0.15) is 22.3 Å². The molecule has 2 heterocycles. The summed E-state index contributed by atoms with van der Waals surface area (Å²) in [6.07, 6.45) is 3.83. The highest BCUT2D eigenvalue weighted by molar-refractivity contribution is 7.21. The van der Waals surface area contributed by atoms with Crippen LogP contribution >= 0.6 is 11.3 Å². The monoisotopic (exact) mass is 448 g/mol. The second kappa shape index (κ2) is 10.1. The first-order valence-corrected chi connectivity index (χ1v) is 10.5. The third-order valence-electron chi connectivity index (χ3n) is 4.92. The molecule has 1 saturated carbocycles. The minimum Gasteiger partial charge on any atom is -0.450 e. The molecule has 0 radical (unpaired) electrons. The number of halogens is 1. The van der Waals surface area contributed by atoms with Crippen LogP contribution < -0.4 is 5.32 Å². The van der Waals surface area contributed by atoms with E-state index in [0.29, 0.717) is 28.5 Å². The van der Waals surface area contributed by atoms with Gasteiger partial charge in [0.05, 0.1) is 10.3 Å². The zero-order chi connectivity index (χ0) is 22.4. The van der Waals surface area contributed by atoms with Crippen molar-refractivity contribution in [3.05, 3.63) is 57.7 Å². The molecule has 0 saturated heterocycles. The first kappa shape index (κ1) is 22.3. The molecule has 0 unspecified atom stereocenters. The lowest BCUT2D eigenvalue weighted by Gasteiger charge is -2.20. The summed E-state index contributed by atoms with van der Waals surface area (Å²) in [5, 5.41) is 29.1. The molecule has 1 aromatic carbocycles. The largest absolute Gasteiger partial charge is 0.503 e. The molecule has 0 amide bonds. The number of benzene rings is 1. The Morgan fingerprint density at radius 2 is 1.84 bits per heavy atom. The third kappa shape index (κ3) is 6.07. The van der Waals surface area contributed by atoms with Gasteiger partial charge in [-0.25, -0.2) is 19.2 Å². The van der Waals surface area contributed by atoms with Crippen molar-refractivity contribution in [3.63, 3.8) is 0 Å². The quantitative estimate of drug-likeness (QED) is 0.338. The van der Waals surface area contributed by atoms with Gasteiger partial charge in [-0.3, -0.25) is 10.1 Å². The van der Waals surface area contributed by atoms with E-state index < -0.39 is 11.1 Å². The van der Waals surface area contributed by atoms with Crippen molar-refractivity contribution in [3.8, 4) is 0 Å². The number of anilines is 1. The summed E-state index contributed by atoms with van der Waals surface area (Å²) in [6, 6.07) is 7.76. The van der Waals surface area contributed by atoms with Crippen LogP contribution in [0.2, 0.25) is 0 Å². The van der Waals surface area contributed by atoms with Gasteiger partial charge in [0.25, 0.3) is 0 Å². The Labute approximate surface area is 180 Å². The Balaban J connectivity index is 0.000000628. The zero-order valence-corrected chi connectivity index (χ0v) is 17.3. The predicted molar refractivity (Wildman–Crippen MR) is 114 cm³/mol. The standard InChI is InChI=1S/C19H19FN4O2S.CH2O3/c20-14-8-6-12(7-9-14)11-21-18-15-10-16(24(25)26)27-19(15)23-17(22-18)13-4-2-1-3-5-13;2-1(3)4/h6-10,13H,1-5,11H2,(H,21,22,23);(H2,2,3,4). The van der Waals surface area contributed by atoms with E-state index in [0.717, 1.165) is 48.4 Å². The second-order valence-corrected chi connectivity index (χ2v) is 8.10. The Morgan fingerprint density at radius 3 is 2.45 bits per heavy atom. The van der Waals surface area contributed by atoms with Crippen molar-refractivity contribution in [2.45, 2.75) is 44.6 Å². The molecule has 2 aromatic heterocycles. The molecule has 1 aliphatic rings. The van der Waals surface area contributed by atoms with Gasteiger partial charge in [0.15, 0.2) is 0 Å². The first-order chi connectivity index (χ1) is 14.8. The van der Waals surface area contributed by atoms with Crippen LogP contribution in [-0.2, 0) is 6.54 Å². The number of rotatable bonds is 5. The van der Waals surface area contributed by atoms with Gasteiger partial charge in [-0.05, 0) is 41.9 Å². The molecule has 4 rings (SSSR count). The average molecular weight is 448 g/mol. The fourth-order valence-corrected chi connectivity index (χ4v) is 4.34. The fraction of sp³-hybridized carbons (Fsp3) is 0.350. The molecule has 164 valence electrons. The number of carbonyl (C=O) groups is 1. The van der Waals surface area contributed by atoms with Crippen LogP contribution in [-0.4, -0.2) is 31.3 Å². The summed E-state index contributed by atoms with van der Waals surface area (Å²) < 4.78 is 13.1. The number of nitro groups is 1. The van der Waals surface area contributed by atoms with E-state index in [1.165, 1.54) is 24.6 Å². The SMILES string of the molecule is O=C(O)O.O=[N+]([O-])c1cc2c(NCc3ccc(F)cc3)nc(C3CCCCC3)nc2s1. The molecule has 0 spiro atoms. The number of aromatic nitrogens is 2. The van der Waals surface area contributed by atoms with Gasteiger partial charge in [-0.2, -0.15) is 0 Å². The summed E-state index contributed by atoms with van der Waals surface area (Å²) >= 11 is 1.08. The second-order valence-electron chi connectivity index (χ2n) is 7.09. The summed E-state index contributed by atoms with van der Waals surface area (Å²) in [5.74, 6) is 1.39. The molecule has 0 bridgehead atoms. The maximum absolute atomic E-state index is 13.1. The van der Waals surface area contributed by atoms with Crippen molar-refractivity contribution in [1.82, 2.24) is 9.97 Å². The lowest BCUT2D eigenvalue weighted by molar-refractivity contribution is -0.380. The average Bonchev–Trinajstić information content (AvgIpc) is 3.18. The van der Waals surface area contributed by atoms with E-state index in [4.69, 9.17) is 20.0 Å². The van der Waals surface area contributed by atoms with Crippen molar-refractivity contribution in [2.75, 3.05) is 5.32 Å². The number of fused-ring (bicyclic) bond motifs is 1. The van der Waals surface area contributed by atoms with Crippen LogP contribution in [0.25, 0.3) is 10.2 Å². The smallest absolute Gasteiger partial charge is 0.450 e. The molecule has 11 heteroatoms. The Morgan fingerprint density at radius 1 is 1.19 bits per heavy atom. The Bertz CT molecular complexity index is 1060. The predicted octanol–water partition coefficient (Wildman–Crippen LogP) is 5.62. The molecule has 0 atom stereocenters. The van der Waals surface area contributed by atoms with Crippen molar-refractivity contribution < 1.29 is 24.3 Å². The van der Waals surface area contributed by atoms with Crippen LogP contribution in [0.1, 0.15) is 49.4 Å². The number of nitrogens with one attached hydrogen (secondary N) is 1. The minimum absolute atomic E-state index is 0.0601. The minimum atomic E-state index is -1.83. The Kier molecular flexibility index (Phi) is 7.29. The topological polar surface area (TPSA) is 138 Å². The molecule has 3 aromatic rings. The number of carboxylic acid groups (broad SMARTS) is 2. The van der Waals surface area contributed by atoms with E-state index in [2.05, 4.69) is 10.3 Å². The van der Waals surface area contributed by atoms with Crippen LogP contribution in [0.3, 0.4) is 0 Å². The van der Waals surface area contributed by atoms with Gasteiger partial charge in [-0.1, -0.05) is 31.4 Å². The fourth-order valence-electron chi connectivity index (χ4n) is 3.48. The van der Waals surface area contributed by atoms with Crippen molar-refractivity contribution >= 4 is 38.5 Å². The van der Waals surface area contributed by atoms with E-state index >= 15 is 0 Å². The first-order valence-electron chi connectivity index (χ1n) is 9.69. The van der Waals surface area contributed by atoms with Gasteiger partial charge in [0, 0.05) is 18.5 Å². The van der Waals surface area contributed by atoms with Gasteiger partial charge in [-0.15, -0.1) is 0 Å². The molecule has 0 aliphatic heterocycles. The molecule has 1 aliphatic carbocycles. The van der Waals surface area contributed by atoms with E-state index in [1.807, 2.05) is 0 Å². The molecule has 9 nitrogen and oxygen atoms in total. The molecule has 31 heavy (non-hydrogen) atoms. The number of hydrogen-bond donors (Lipinski definition) is 3. The molecular weight excluding hydrogens is 427 g/mol. The van der Waals surface area contributed by atoms with Gasteiger partial charge >= 0.3 is 11.2 Å². The normalized spacial score (nSPS) is 14.0. The molecule has 3 N–H and O–H groups in total. The number of nitrogens with zero attached hydrogens (tertiary/aromatic N) is 3. The summed E-state index contributed by atoms with van der Waals surface area (Å²) in [6.45, 7) is 0.458. The zero-order valence-electron chi connectivity index (χ0n) is 16.5. The lowest BCUT2D eigenvalue weighted by Crippen LogP contribution is -2.11. The molecule has 1 fully saturated rings. The highest BCUT2D eigenvalue weighted by atomic mass is 32.1. The third-order valence-corrected chi connectivity index (χ3v) is 5.90. The lowest BCUT2D eigenvalue weighted by atomic mass is 9.89. The van der Waals surface area contributed by atoms with Crippen LogP contribution in [0.5, 0.6) is 0 Å². The summed E-state index contributed by atoms with van der Waals surface area (Å²) in [5.41, 5.74) is 0.909. The van der Waals surface area contributed by atoms with E-state index in [9.17, 15) is 14.5 Å². The van der Waals surface area contributed by atoms with E-state index in [-0.39, 0.29) is 10.8 Å². The van der Waals surface area contributed by atoms with Gasteiger partial charge in [0.2, 0.25) is 0 Å². The number of thiophene rings is 1. The number of hydrogen-bond acceptors (Lipinski definition) is 7. The van der Waals surface area contributed by atoms with Crippen LogP contribution in [0.15, 0.2) is 30.3 Å². The highest BCUT2D eigenvalue weighted by Gasteiger charge is 2.23. The molecular formula is C20H21FN4O5S. The van der Waals surface area contributed by atoms with E-state index in [1.54, 1.807) is 12.1 Å². The van der Waals surface area contributed by atoms with Crippen LogP contribution in [0, 0.1) is 15.9 Å². The highest BCUT2D eigenvalue weighted by Crippen LogP contribution is 2.37. The summed E-state index contributed by atoms with van der Waals surface area (Å²) in [4.78, 5) is 29.4. The van der Waals surface area contributed by atoms with Gasteiger partial charge < -0.3 is 15.5 Å². The Hall–Kier alpha value is -3.34. The van der Waals surface area contributed by atoms with Crippen LogP contribution in [0.4, 0.5) is 20.0 Å². The maximum atomic E-state index is 13.1. The van der Waals surface area contributed by atoms with Crippen molar-refractivity contribution in [2.24, 2.45) is 0 Å². The van der Waals surface area contributed by atoms with Crippen molar-refractivity contribution in [1.29, 1.82) is 0 Å². The summed E-state index contributed by atoms with van der Waals surface area (Å²) in [7, 11) is 0. The maximum Gasteiger partial charge on any atom is 0.503 e.